The molecule has 0 fully saturated rings. The molecule has 0 spiro atoms. The summed E-state index contributed by atoms with van der Waals surface area (Å²) in [5.41, 5.74) is 0.824. The van der Waals surface area contributed by atoms with Crippen LogP contribution in [0, 0.1) is 6.92 Å². The van der Waals surface area contributed by atoms with Crippen LogP contribution in [-0.4, -0.2) is 42.7 Å². The number of rotatable bonds is 6. The van der Waals surface area contributed by atoms with Crippen molar-refractivity contribution in [2.45, 2.75) is 20.8 Å². The lowest BCUT2D eigenvalue weighted by atomic mass is 10.3. The molecule has 6 heteroatoms. The number of hydrogen-bond acceptors (Lipinski definition) is 6. The summed E-state index contributed by atoms with van der Waals surface area (Å²) in [5.74, 6) is 0.944. The van der Waals surface area contributed by atoms with Crippen molar-refractivity contribution in [1.29, 1.82) is 0 Å². The molecular formula is C12H19N3O3. The number of aromatic nitrogens is 2. The molecule has 0 aliphatic rings. The molecular weight excluding hydrogens is 234 g/mol. The minimum Gasteiger partial charge on any atom is -0.478 e. The topological polar surface area (TPSA) is 64.6 Å². The van der Waals surface area contributed by atoms with Gasteiger partial charge in [0.15, 0.2) is 0 Å². The van der Waals surface area contributed by atoms with Crippen molar-refractivity contribution in [2.24, 2.45) is 0 Å². The minimum atomic E-state index is -0.298. The molecule has 1 aromatic heterocycles. The van der Waals surface area contributed by atoms with Crippen LogP contribution in [0.2, 0.25) is 0 Å². The normalized spacial score (nSPS) is 10.0. The summed E-state index contributed by atoms with van der Waals surface area (Å²) in [4.78, 5) is 21.4. The average Bonchev–Trinajstić information content (AvgIpc) is 2.38. The number of anilines is 1. The van der Waals surface area contributed by atoms with Gasteiger partial charge < -0.3 is 14.4 Å². The maximum Gasteiger partial charge on any atom is 0.325 e. The summed E-state index contributed by atoms with van der Waals surface area (Å²) < 4.78 is 10.1. The Morgan fingerprint density at radius 1 is 1.39 bits per heavy atom. The average molecular weight is 253 g/mol. The third-order valence-electron chi connectivity index (χ3n) is 2.52. The number of carbonyl (C=O) groups excluding carboxylic acids is 1. The zero-order chi connectivity index (χ0) is 13.5. The van der Waals surface area contributed by atoms with Gasteiger partial charge in [0, 0.05) is 6.54 Å². The Bertz CT molecular complexity index is 410. The second-order valence-corrected chi connectivity index (χ2v) is 3.65. The molecule has 0 saturated carbocycles. The fourth-order valence-electron chi connectivity index (χ4n) is 1.58. The Morgan fingerprint density at radius 2 is 2.11 bits per heavy atom. The van der Waals surface area contributed by atoms with Crippen LogP contribution in [0.5, 0.6) is 5.88 Å². The van der Waals surface area contributed by atoms with Crippen molar-refractivity contribution < 1.29 is 14.3 Å². The lowest BCUT2D eigenvalue weighted by molar-refractivity contribution is -0.138. The van der Waals surface area contributed by atoms with Gasteiger partial charge >= 0.3 is 5.97 Å². The van der Waals surface area contributed by atoms with Gasteiger partial charge in [0.05, 0.1) is 19.3 Å². The van der Waals surface area contributed by atoms with Gasteiger partial charge in [-0.15, -0.1) is 0 Å². The van der Waals surface area contributed by atoms with Gasteiger partial charge in [-0.1, -0.05) is 0 Å². The zero-order valence-electron chi connectivity index (χ0n) is 11.3. The van der Waals surface area contributed by atoms with Crippen molar-refractivity contribution in [3.8, 4) is 5.88 Å². The van der Waals surface area contributed by atoms with E-state index in [1.165, 1.54) is 13.4 Å². The van der Waals surface area contributed by atoms with E-state index in [0.29, 0.717) is 24.8 Å². The van der Waals surface area contributed by atoms with Crippen LogP contribution in [0.3, 0.4) is 0 Å². The van der Waals surface area contributed by atoms with E-state index >= 15 is 0 Å². The highest BCUT2D eigenvalue weighted by atomic mass is 16.5. The molecule has 6 nitrogen and oxygen atoms in total. The standard InChI is InChI=1S/C12H19N3O3/c1-5-15(7-10(16)17-4)11-9(3)12(18-6-2)14-8-13-11/h8H,5-7H2,1-4H3. The van der Waals surface area contributed by atoms with Crippen molar-refractivity contribution in [3.63, 3.8) is 0 Å². The summed E-state index contributed by atoms with van der Waals surface area (Å²) in [6.45, 7) is 7.08. The molecule has 0 N–H and O–H groups in total. The highest BCUT2D eigenvalue weighted by Crippen LogP contribution is 2.23. The first-order valence-electron chi connectivity index (χ1n) is 5.90. The number of hydrogen-bond donors (Lipinski definition) is 0. The maximum absolute atomic E-state index is 11.3. The van der Waals surface area contributed by atoms with E-state index in [1.807, 2.05) is 25.7 Å². The summed E-state index contributed by atoms with van der Waals surface area (Å²) >= 11 is 0. The quantitative estimate of drug-likeness (QED) is 0.709. The molecule has 0 aromatic carbocycles. The molecule has 0 bridgehead atoms. The van der Waals surface area contributed by atoms with E-state index in [4.69, 9.17) is 4.74 Å². The molecule has 0 saturated heterocycles. The van der Waals surface area contributed by atoms with Crippen LogP contribution in [-0.2, 0) is 9.53 Å². The van der Waals surface area contributed by atoms with Gasteiger partial charge in [-0.05, 0) is 20.8 Å². The van der Waals surface area contributed by atoms with Crippen LogP contribution >= 0.6 is 0 Å². The predicted octanol–water partition coefficient (Wildman–Crippen LogP) is 1.18. The maximum atomic E-state index is 11.3. The summed E-state index contributed by atoms with van der Waals surface area (Å²) in [5, 5.41) is 0. The Hall–Kier alpha value is -1.85. The molecule has 0 aliphatic heterocycles. The van der Waals surface area contributed by atoms with E-state index in [2.05, 4.69) is 14.7 Å². The van der Waals surface area contributed by atoms with Crippen LogP contribution < -0.4 is 9.64 Å². The van der Waals surface area contributed by atoms with Crippen LogP contribution in [0.15, 0.2) is 6.33 Å². The van der Waals surface area contributed by atoms with E-state index in [9.17, 15) is 4.79 Å². The fraction of sp³-hybridized carbons (Fsp3) is 0.583. The molecule has 0 atom stereocenters. The second-order valence-electron chi connectivity index (χ2n) is 3.65. The Balaban J connectivity index is 2.98. The summed E-state index contributed by atoms with van der Waals surface area (Å²) in [6, 6.07) is 0. The van der Waals surface area contributed by atoms with E-state index in [0.717, 1.165) is 5.56 Å². The fourth-order valence-corrected chi connectivity index (χ4v) is 1.58. The lowest BCUT2D eigenvalue weighted by Gasteiger charge is -2.22. The Kier molecular flexibility index (Phi) is 5.35. The van der Waals surface area contributed by atoms with Crippen LogP contribution in [0.4, 0.5) is 5.82 Å². The highest BCUT2D eigenvalue weighted by molar-refractivity contribution is 5.75. The van der Waals surface area contributed by atoms with E-state index < -0.39 is 0 Å². The molecule has 0 amide bonds. The highest BCUT2D eigenvalue weighted by Gasteiger charge is 2.16. The van der Waals surface area contributed by atoms with Crippen molar-refractivity contribution in [3.05, 3.63) is 11.9 Å². The molecule has 1 aromatic rings. The number of carbonyl (C=O) groups is 1. The Morgan fingerprint density at radius 3 is 2.67 bits per heavy atom. The molecule has 1 rings (SSSR count). The zero-order valence-corrected chi connectivity index (χ0v) is 11.3. The molecule has 0 radical (unpaired) electrons. The van der Waals surface area contributed by atoms with Gasteiger partial charge in [-0.2, -0.15) is 0 Å². The predicted molar refractivity (Wildman–Crippen MR) is 67.8 cm³/mol. The number of ether oxygens (including phenoxy) is 2. The monoisotopic (exact) mass is 253 g/mol. The lowest BCUT2D eigenvalue weighted by Crippen LogP contribution is -2.31. The third kappa shape index (κ3) is 3.32. The number of nitrogens with zero attached hydrogens (tertiary/aromatic N) is 3. The van der Waals surface area contributed by atoms with Gasteiger partial charge in [-0.25, -0.2) is 9.97 Å². The number of methoxy groups -OCH3 is 1. The first kappa shape index (κ1) is 14.2. The molecule has 1 heterocycles. The smallest absolute Gasteiger partial charge is 0.325 e. The van der Waals surface area contributed by atoms with Crippen LogP contribution in [0.25, 0.3) is 0 Å². The van der Waals surface area contributed by atoms with Gasteiger partial charge in [-0.3, -0.25) is 4.79 Å². The molecule has 0 unspecified atom stereocenters. The van der Waals surface area contributed by atoms with E-state index in [-0.39, 0.29) is 12.5 Å². The Labute approximate surface area is 107 Å². The van der Waals surface area contributed by atoms with Gasteiger partial charge in [0.25, 0.3) is 0 Å². The van der Waals surface area contributed by atoms with E-state index in [1.54, 1.807) is 0 Å². The molecule has 100 valence electrons. The molecule has 0 aliphatic carbocycles. The SMILES string of the molecule is CCOc1ncnc(N(CC)CC(=O)OC)c1C. The molecule has 18 heavy (non-hydrogen) atoms. The number of esters is 1. The summed E-state index contributed by atoms with van der Waals surface area (Å²) in [7, 11) is 1.37. The van der Waals surface area contributed by atoms with Crippen molar-refractivity contribution in [2.75, 3.05) is 31.7 Å². The van der Waals surface area contributed by atoms with Gasteiger partial charge in [0.1, 0.15) is 18.7 Å². The largest absolute Gasteiger partial charge is 0.478 e. The van der Waals surface area contributed by atoms with Crippen molar-refractivity contribution in [1.82, 2.24) is 9.97 Å². The minimum absolute atomic E-state index is 0.163. The number of likely N-dealkylation sites (N-methyl/N-ethyl adjacent to an activating group) is 1. The first-order valence-corrected chi connectivity index (χ1v) is 5.90. The van der Waals surface area contributed by atoms with Gasteiger partial charge in [0.2, 0.25) is 5.88 Å². The summed E-state index contributed by atoms with van der Waals surface area (Å²) in [6.07, 6.45) is 1.44. The third-order valence-corrected chi connectivity index (χ3v) is 2.52. The first-order chi connectivity index (χ1) is 8.63. The second kappa shape index (κ2) is 6.78. The van der Waals surface area contributed by atoms with Crippen molar-refractivity contribution >= 4 is 11.8 Å². The van der Waals surface area contributed by atoms with Crippen LogP contribution in [0.1, 0.15) is 19.4 Å².